The molecule has 5 nitrogen and oxygen atoms in total. The molecule has 2 saturated heterocycles. The van der Waals surface area contributed by atoms with Crippen LogP contribution in [0.15, 0.2) is 18.2 Å². The zero-order valence-electron chi connectivity index (χ0n) is 11.5. The number of urea groups is 1. The molecular weight excluding hydrogens is 308 g/mol. The fourth-order valence-corrected chi connectivity index (χ4v) is 3.25. The van der Waals surface area contributed by atoms with Crippen LogP contribution in [-0.2, 0) is 6.54 Å². The first-order valence-corrected chi connectivity index (χ1v) is 7.68. The molecule has 112 valence electrons. The SMILES string of the molecule is NC(=S)c1ccc(CN2CCN3C(=O)NCC3C2)c(Cl)c1. The molecule has 7 heteroatoms. The van der Waals surface area contributed by atoms with Crippen LogP contribution in [0, 0.1) is 0 Å². The van der Waals surface area contributed by atoms with Crippen molar-refractivity contribution in [1.82, 2.24) is 15.1 Å². The van der Waals surface area contributed by atoms with Crippen molar-refractivity contribution in [2.75, 3.05) is 26.2 Å². The smallest absolute Gasteiger partial charge is 0.317 e. The summed E-state index contributed by atoms with van der Waals surface area (Å²) in [5.41, 5.74) is 7.45. The molecule has 0 spiro atoms. The fourth-order valence-electron chi connectivity index (χ4n) is 2.88. The lowest BCUT2D eigenvalue weighted by Gasteiger charge is -2.36. The minimum Gasteiger partial charge on any atom is -0.389 e. The molecule has 21 heavy (non-hydrogen) atoms. The Labute approximate surface area is 134 Å². The summed E-state index contributed by atoms with van der Waals surface area (Å²) in [7, 11) is 0. The van der Waals surface area contributed by atoms with Gasteiger partial charge in [-0.2, -0.15) is 0 Å². The number of benzene rings is 1. The largest absolute Gasteiger partial charge is 0.389 e. The van der Waals surface area contributed by atoms with Gasteiger partial charge in [-0.25, -0.2) is 4.79 Å². The van der Waals surface area contributed by atoms with Gasteiger partial charge in [-0.15, -0.1) is 0 Å². The molecule has 0 bridgehead atoms. The van der Waals surface area contributed by atoms with Gasteiger partial charge >= 0.3 is 6.03 Å². The maximum Gasteiger partial charge on any atom is 0.317 e. The highest BCUT2D eigenvalue weighted by Crippen LogP contribution is 2.22. The third-order valence-electron chi connectivity index (χ3n) is 4.05. The lowest BCUT2D eigenvalue weighted by atomic mass is 10.1. The molecule has 3 N–H and O–H groups in total. The van der Waals surface area contributed by atoms with E-state index in [0.29, 0.717) is 10.0 Å². The van der Waals surface area contributed by atoms with E-state index in [2.05, 4.69) is 10.2 Å². The number of nitrogens with one attached hydrogen (secondary N) is 1. The number of fused-ring (bicyclic) bond motifs is 1. The summed E-state index contributed by atoms with van der Waals surface area (Å²) in [6, 6.07) is 6.01. The quantitative estimate of drug-likeness (QED) is 0.820. The van der Waals surface area contributed by atoms with E-state index in [1.165, 1.54) is 0 Å². The average molecular weight is 325 g/mol. The average Bonchev–Trinajstić information content (AvgIpc) is 2.82. The molecule has 2 amide bonds. The van der Waals surface area contributed by atoms with E-state index >= 15 is 0 Å². The monoisotopic (exact) mass is 324 g/mol. The Balaban J connectivity index is 1.67. The maximum atomic E-state index is 11.6. The highest BCUT2D eigenvalue weighted by Gasteiger charge is 2.35. The van der Waals surface area contributed by atoms with Crippen LogP contribution in [0.4, 0.5) is 4.79 Å². The normalized spacial score (nSPS) is 22.0. The molecule has 2 heterocycles. The lowest BCUT2D eigenvalue weighted by Crippen LogP contribution is -2.51. The Bertz CT molecular complexity index is 594. The second kappa shape index (κ2) is 5.79. The zero-order chi connectivity index (χ0) is 15.0. The number of thiocarbonyl (C=S) groups is 1. The first kappa shape index (κ1) is 14.6. The third-order valence-corrected chi connectivity index (χ3v) is 4.64. The van der Waals surface area contributed by atoms with Crippen LogP contribution < -0.4 is 11.1 Å². The van der Waals surface area contributed by atoms with Crippen LogP contribution >= 0.6 is 23.8 Å². The van der Waals surface area contributed by atoms with Crippen molar-refractivity contribution in [2.45, 2.75) is 12.6 Å². The number of nitrogens with zero attached hydrogens (tertiary/aromatic N) is 2. The molecular formula is C14H17ClN4OS. The number of halogens is 1. The Morgan fingerprint density at radius 1 is 1.48 bits per heavy atom. The Morgan fingerprint density at radius 3 is 3.00 bits per heavy atom. The van der Waals surface area contributed by atoms with Crippen LogP contribution in [0.2, 0.25) is 5.02 Å². The second-order valence-corrected chi connectivity index (χ2v) is 6.29. The van der Waals surface area contributed by atoms with Crippen molar-refractivity contribution in [1.29, 1.82) is 0 Å². The first-order valence-electron chi connectivity index (χ1n) is 6.89. The Kier molecular flexibility index (Phi) is 4.01. The first-order chi connectivity index (χ1) is 10.0. The van der Waals surface area contributed by atoms with Crippen LogP contribution in [0.3, 0.4) is 0 Å². The molecule has 0 aliphatic carbocycles. The molecule has 1 unspecified atom stereocenters. The van der Waals surface area contributed by atoms with Gasteiger partial charge in [0.05, 0.1) is 6.04 Å². The van der Waals surface area contributed by atoms with Crippen molar-refractivity contribution in [3.8, 4) is 0 Å². The third kappa shape index (κ3) is 2.97. The summed E-state index contributed by atoms with van der Waals surface area (Å²) in [6.07, 6.45) is 0. The van der Waals surface area contributed by atoms with Gasteiger partial charge in [-0.1, -0.05) is 36.0 Å². The minimum atomic E-state index is 0.0542. The van der Waals surface area contributed by atoms with Crippen molar-refractivity contribution >= 4 is 34.8 Å². The number of carbonyl (C=O) groups excluding carboxylic acids is 1. The number of amides is 2. The van der Waals surface area contributed by atoms with Crippen molar-refractivity contribution in [3.05, 3.63) is 34.3 Å². The summed E-state index contributed by atoms with van der Waals surface area (Å²) in [5, 5.41) is 3.57. The van der Waals surface area contributed by atoms with Gasteiger partial charge in [0, 0.05) is 43.3 Å². The van der Waals surface area contributed by atoms with Gasteiger partial charge in [-0.05, 0) is 11.6 Å². The van der Waals surface area contributed by atoms with Crippen molar-refractivity contribution in [3.63, 3.8) is 0 Å². The maximum absolute atomic E-state index is 11.6. The van der Waals surface area contributed by atoms with Gasteiger partial charge in [0.25, 0.3) is 0 Å². The van der Waals surface area contributed by atoms with Crippen LogP contribution in [0.25, 0.3) is 0 Å². The second-order valence-electron chi connectivity index (χ2n) is 5.44. The topological polar surface area (TPSA) is 61.6 Å². The predicted octanol–water partition coefficient (Wildman–Crippen LogP) is 1.18. The number of hydrogen-bond acceptors (Lipinski definition) is 3. The van der Waals surface area contributed by atoms with E-state index in [1.807, 2.05) is 23.1 Å². The van der Waals surface area contributed by atoms with Crippen molar-refractivity contribution in [2.24, 2.45) is 5.73 Å². The molecule has 1 aromatic rings. The molecule has 0 radical (unpaired) electrons. The van der Waals surface area contributed by atoms with Gasteiger partial charge in [0.2, 0.25) is 0 Å². The highest BCUT2D eigenvalue weighted by molar-refractivity contribution is 7.80. The van der Waals surface area contributed by atoms with E-state index in [-0.39, 0.29) is 12.1 Å². The van der Waals surface area contributed by atoms with Gasteiger partial charge in [0.1, 0.15) is 4.99 Å². The molecule has 1 atom stereocenters. The summed E-state index contributed by atoms with van der Waals surface area (Å²) in [4.78, 5) is 16.2. The number of rotatable bonds is 3. The zero-order valence-corrected chi connectivity index (χ0v) is 13.1. The Morgan fingerprint density at radius 2 is 2.29 bits per heavy atom. The van der Waals surface area contributed by atoms with E-state index in [4.69, 9.17) is 29.6 Å². The minimum absolute atomic E-state index is 0.0542. The number of carbonyl (C=O) groups is 1. The fraction of sp³-hybridized carbons (Fsp3) is 0.429. The molecule has 1 aromatic carbocycles. The van der Waals surface area contributed by atoms with Gasteiger partial charge in [0.15, 0.2) is 0 Å². The van der Waals surface area contributed by atoms with E-state index in [0.717, 1.165) is 43.9 Å². The van der Waals surface area contributed by atoms with E-state index in [9.17, 15) is 4.79 Å². The van der Waals surface area contributed by atoms with Crippen LogP contribution in [0.1, 0.15) is 11.1 Å². The highest BCUT2D eigenvalue weighted by atomic mass is 35.5. The molecule has 2 aliphatic rings. The molecule has 0 saturated carbocycles. The summed E-state index contributed by atoms with van der Waals surface area (Å²) >= 11 is 11.3. The summed E-state index contributed by atoms with van der Waals surface area (Å²) in [5.74, 6) is 0. The number of hydrogen-bond donors (Lipinski definition) is 2. The van der Waals surface area contributed by atoms with E-state index in [1.54, 1.807) is 0 Å². The van der Waals surface area contributed by atoms with Gasteiger partial charge in [-0.3, -0.25) is 4.90 Å². The summed E-state index contributed by atoms with van der Waals surface area (Å²) < 4.78 is 0. The van der Waals surface area contributed by atoms with Crippen molar-refractivity contribution < 1.29 is 4.79 Å². The predicted molar refractivity (Wildman–Crippen MR) is 86.5 cm³/mol. The van der Waals surface area contributed by atoms with Crippen LogP contribution in [-0.4, -0.2) is 53.0 Å². The standard InChI is InChI=1S/C14H17ClN4OS/c15-12-5-9(13(16)21)1-2-10(12)7-18-3-4-19-11(8-18)6-17-14(19)20/h1-2,5,11H,3-4,6-8H2,(H2,16,21)(H,17,20). The van der Waals surface area contributed by atoms with Crippen LogP contribution in [0.5, 0.6) is 0 Å². The molecule has 2 aliphatic heterocycles. The lowest BCUT2D eigenvalue weighted by molar-refractivity contribution is 0.116. The number of nitrogens with two attached hydrogens (primary N) is 1. The molecule has 0 aromatic heterocycles. The van der Waals surface area contributed by atoms with E-state index < -0.39 is 0 Å². The molecule has 3 rings (SSSR count). The molecule has 2 fully saturated rings. The Hall–Kier alpha value is -1.37. The van der Waals surface area contributed by atoms with Gasteiger partial charge < -0.3 is 16.0 Å². The summed E-state index contributed by atoms with van der Waals surface area (Å²) in [6.45, 7) is 3.99. The number of piperazine rings is 1.